The Labute approximate surface area is 105 Å². The van der Waals surface area contributed by atoms with Gasteiger partial charge in [-0.2, -0.15) is 11.8 Å². The molecular weight excluding hydrogens is 212 g/mol. The zero-order chi connectivity index (χ0) is 11.9. The lowest BCUT2D eigenvalue weighted by Gasteiger charge is -2.43. The summed E-state index contributed by atoms with van der Waals surface area (Å²) < 4.78 is 0. The Balaban J connectivity index is 2.23. The van der Waals surface area contributed by atoms with Crippen LogP contribution in [-0.2, 0) is 0 Å². The third-order valence-electron chi connectivity index (χ3n) is 4.85. The van der Waals surface area contributed by atoms with Crippen molar-refractivity contribution >= 4 is 11.8 Å². The molecule has 0 aromatic carbocycles. The first-order valence-corrected chi connectivity index (χ1v) is 8.04. The second kappa shape index (κ2) is 4.40. The molecule has 1 saturated carbocycles. The molecule has 4 atom stereocenters. The molecule has 16 heavy (non-hydrogen) atoms. The molecular formula is C15H26S. The van der Waals surface area contributed by atoms with Gasteiger partial charge in [0.05, 0.1) is 0 Å². The Bertz CT molecular complexity index is 292. The zero-order valence-corrected chi connectivity index (χ0v) is 12.2. The molecule has 0 aliphatic heterocycles. The highest BCUT2D eigenvalue weighted by Gasteiger charge is 2.55. The van der Waals surface area contributed by atoms with Gasteiger partial charge < -0.3 is 0 Å². The Morgan fingerprint density at radius 3 is 2.62 bits per heavy atom. The lowest BCUT2D eigenvalue weighted by Crippen LogP contribution is -2.34. The van der Waals surface area contributed by atoms with Crippen LogP contribution in [0.3, 0.4) is 0 Å². The molecule has 0 nitrogen and oxygen atoms in total. The molecule has 0 aromatic rings. The van der Waals surface area contributed by atoms with E-state index in [1.165, 1.54) is 19.3 Å². The largest absolute Gasteiger partial charge is 0.161 e. The van der Waals surface area contributed by atoms with Gasteiger partial charge in [-0.15, -0.1) is 0 Å². The molecule has 92 valence electrons. The van der Waals surface area contributed by atoms with Crippen LogP contribution in [0.15, 0.2) is 11.6 Å². The summed E-state index contributed by atoms with van der Waals surface area (Å²) >= 11 is 2.10. The summed E-state index contributed by atoms with van der Waals surface area (Å²) in [6.07, 6.45) is 9.08. The predicted octanol–water partition coefficient (Wildman–Crippen LogP) is 4.76. The molecule has 0 amide bonds. The smallest absolute Gasteiger partial charge is 0.0119 e. The van der Waals surface area contributed by atoms with E-state index in [0.717, 1.165) is 23.0 Å². The molecule has 2 aliphatic rings. The van der Waals surface area contributed by atoms with Crippen LogP contribution < -0.4 is 0 Å². The lowest BCUT2D eigenvalue weighted by atomic mass is 9.62. The van der Waals surface area contributed by atoms with Gasteiger partial charge in [-0.05, 0) is 55.6 Å². The summed E-state index contributed by atoms with van der Waals surface area (Å²) in [5, 5.41) is 0.896. The van der Waals surface area contributed by atoms with Crippen LogP contribution in [0.2, 0.25) is 0 Å². The van der Waals surface area contributed by atoms with Crippen molar-refractivity contribution in [2.24, 2.45) is 23.2 Å². The molecule has 0 aromatic heterocycles. The molecule has 2 rings (SSSR count). The molecule has 2 aliphatic carbocycles. The van der Waals surface area contributed by atoms with Crippen LogP contribution >= 0.6 is 11.8 Å². The van der Waals surface area contributed by atoms with Crippen molar-refractivity contribution in [3.63, 3.8) is 0 Å². The van der Waals surface area contributed by atoms with Crippen molar-refractivity contribution < 1.29 is 0 Å². The maximum atomic E-state index is 2.55. The van der Waals surface area contributed by atoms with Gasteiger partial charge in [-0.1, -0.05) is 32.4 Å². The van der Waals surface area contributed by atoms with Gasteiger partial charge in [-0.3, -0.25) is 0 Å². The quantitative estimate of drug-likeness (QED) is 0.637. The van der Waals surface area contributed by atoms with E-state index in [1.807, 2.05) is 0 Å². The van der Waals surface area contributed by atoms with Gasteiger partial charge in [0, 0.05) is 5.25 Å². The van der Waals surface area contributed by atoms with Crippen LogP contribution in [0.1, 0.15) is 47.0 Å². The normalized spacial score (nSPS) is 41.9. The minimum Gasteiger partial charge on any atom is -0.161 e. The fourth-order valence-corrected chi connectivity index (χ4v) is 5.39. The van der Waals surface area contributed by atoms with Crippen molar-refractivity contribution in [3.05, 3.63) is 11.6 Å². The van der Waals surface area contributed by atoms with E-state index in [9.17, 15) is 0 Å². The number of hydrogen-bond donors (Lipinski definition) is 0. The summed E-state index contributed by atoms with van der Waals surface area (Å²) in [6.45, 7) is 9.54. The highest BCUT2D eigenvalue weighted by Crippen LogP contribution is 2.62. The summed E-state index contributed by atoms with van der Waals surface area (Å²) in [7, 11) is 0. The van der Waals surface area contributed by atoms with Crippen LogP contribution in [0, 0.1) is 23.2 Å². The van der Waals surface area contributed by atoms with Gasteiger partial charge >= 0.3 is 0 Å². The van der Waals surface area contributed by atoms with E-state index >= 15 is 0 Å². The number of hydrogen-bond acceptors (Lipinski definition) is 1. The van der Waals surface area contributed by atoms with Crippen LogP contribution in [0.25, 0.3) is 0 Å². The van der Waals surface area contributed by atoms with E-state index in [0.29, 0.717) is 5.41 Å². The van der Waals surface area contributed by atoms with Gasteiger partial charge in [0.2, 0.25) is 0 Å². The Morgan fingerprint density at radius 1 is 1.50 bits per heavy atom. The van der Waals surface area contributed by atoms with Crippen LogP contribution in [0.4, 0.5) is 0 Å². The molecule has 0 heterocycles. The molecule has 1 fully saturated rings. The maximum absolute atomic E-state index is 2.55. The fraction of sp³-hybridized carbons (Fsp3) is 0.867. The van der Waals surface area contributed by atoms with Gasteiger partial charge in [0.15, 0.2) is 0 Å². The topological polar surface area (TPSA) is 0 Å². The summed E-state index contributed by atoms with van der Waals surface area (Å²) in [4.78, 5) is 0. The van der Waals surface area contributed by atoms with E-state index < -0.39 is 0 Å². The first-order valence-electron chi connectivity index (χ1n) is 6.75. The number of fused-ring (bicyclic) bond motifs is 1. The number of rotatable bonds is 4. The molecule has 0 bridgehead atoms. The van der Waals surface area contributed by atoms with Crippen LogP contribution in [0.5, 0.6) is 0 Å². The Kier molecular flexibility index (Phi) is 3.45. The minimum absolute atomic E-state index is 0.630. The molecule has 0 spiro atoms. The molecule has 1 heteroatoms. The zero-order valence-electron chi connectivity index (χ0n) is 11.4. The summed E-state index contributed by atoms with van der Waals surface area (Å²) in [5.74, 6) is 2.65. The average molecular weight is 238 g/mol. The van der Waals surface area contributed by atoms with Crippen molar-refractivity contribution in [1.29, 1.82) is 0 Å². The summed E-state index contributed by atoms with van der Waals surface area (Å²) in [5.41, 5.74) is 2.31. The maximum Gasteiger partial charge on any atom is 0.0119 e. The Morgan fingerprint density at radius 2 is 2.19 bits per heavy atom. The second-order valence-corrected chi connectivity index (χ2v) is 7.33. The first-order chi connectivity index (χ1) is 7.54. The van der Waals surface area contributed by atoms with Crippen LogP contribution in [-0.4, -0.2) is 11.5 Å². The first kappa shape index (κ1) is 12.5. The minimum atomic E-state index is 0.630. The van der Waals surface area contributed by atoms with E-state index in [1.54, 1.807) is 5.57 Å². The van der Waals surface area contributed by atoms with Gasteiger partial charge in [-0.25, -0.2) is 0 Å². The summed E-state index contributed by atoms with van der Waals surface area (Å²) in [6, 6.07) is 0. The Hall–Kier alpha value is 0.0900. The molecule has 0 saturated heterocycles. The van der Waals surface area contributed by atoms with Gasteiger partial charge in [0.25, 0.3) is 0 Å². The third kappa shape index (κ3) is 1.75. The second-order valence-electron chi connectivity index (χ2n) is 6.26. The number of allylic oxidation sites excluding steroid dienone is 2. The SMILES string of the molecule is CCC1(CC(C)C)CC(SC)C2C=C(C)C21. The average Bonchev–Trinajstić information content (AvgIpc) is 2.45. The predicted molar refractivity (Wildman–Crippen MR) is 74.8 cm³/mol. The molecule has 4 unspecified atom stereocenters. The van der Waals surface area contributed by atoms with E-state index in [2.05, 4.69) is 51.8 Å². The molecule has 0 N–H and O–H groups in total. The standard InChI is InChI=1S/C15H26S/c1-6-15(8-10(2)3)9-13(16-5)12-7-11(4)14(12)15/h7,10,12-14H,6,8-9H2,1-5H3. The number of thioether (sulfide) groups is 1. The van der Waals surface area contributed by atoms with Crippen molar-refractivity contribution in [3.8, 4) is 0 Å². The monoisotopic (exact) mass is 238 g/mol. The van der Waals surface area contributed by atoms with Crippen molar-refractivity contribution in [2.75, 3.05) is 6.26 Å². The highest BCUT2D eigenvalue weighted by atomic mass is 32.2. The third-order valence-corrected chi connectivity index (χ3v) is 5.94. The fourth-order valence-electron chi connectivity index (χ4n) is 4.34. The van der Waals surface area contributed by atoms with Gasteiger partial charge in [0.1, 0.15) is 0 Å². The lowest BCUT2D eigenvalue weighted by molar-refractivity contribution is 0.147. The van der Waals surface area contributed by atoms with Crippen molar-refractivity contribution in [1.82, 2.24) is 0 Å². The highest BCUT2D eigenvalue weighted by molar-refractivity contribution is 7.99. The van der Waals surface area contributed by atoms with E-state index in [-0.39, 0.29) is 0 Å². The van der Waals surface area contributed by atoms with E-state index in [4.69, 9.17) is 0 Å². The van der Waals surface area contributed by atoms with Crippen molar-refractivity contribution in [2.45, 2.75) is 52.2 Å². The molecule has 0 radical (unpaired) electrons.